The highest BCUT2D eigenvalue weighted by Crippen LogP contribution is 2.47. The van der Waals surface area contributed by atoms with Crippen LogP contribution in [-0.2, 0) is 0 Å². The summed E-state index contributed by atoms with van der Waals surface area (Å²) in [5, 5.41) is 2.98. The van der Waals surface area contributed by atoms with E-state index < -0.39 is 5.82 Å². The zero-order chi connectivity index (χ0) is 13.4. The van der Waals surface area contributed by atoms with Gasteiger partial charge in [0.15, 0.2) is 0 Å². The predicted octanol–water partition coefficient (Wildman–Crippen LogP) is 3.28. The number of fused-ring (bicyclic) bond motifs is 2. The normalized spacial score (nSPS) is 28.6. The molecular formula is C15H18FNOS. The number of benzene rings is 1. The zero-order valence-electron chi connectivity index (χ0n) is 10.7. The lowest BCUT2D eigenvalue weighted by atomic mass is 9.89. The Kier molecular flexibility index (Phi) is 3.52. The highest BCUT2D eigenvalue weighted by atomic mass is 32.1. The van der Waals surface area contributed by atoms with Crippen LogP contribution in [-0.4, -0.2) is 12.5 Å². The van der Waals surface area contributed by atoms with Gasteiger partial charge in [0.2, 0.25) is 0 Å². The summed E-state index contributed by atoms with van der Waals surface area (Å²) in [5.41, 5.74) is 0.481. The largest absolute Gasteiger partial charge is 0.352 e. The van der Waals surface area contributed by atoms with E-state index in [-0.39, 0.29) is 10.8 Å². The third kappa shape index (κ3) is 2.64. The molecule has 2 aliphatic rings. The Morgan fingerprint density at radius 1 is 1.37 bits per heavy atom. The molecule has 0 aromatic heterocycles. The average Bonchev–Trinajstić information content (AvgIpc) is 3.01. The van der Waals surface area contributed by atoms with E-state index in [1.54, 1.807) is 0 Å². The fourth-order valence-electron chi connectivity index (χ4n) is 3.61. The van der Waals surface area contributed by atoms with Crippen molar-refractivity contribution in [3.05, 3.63) is 29.6 Å². The molecule has 0 heterocycles. The van der Waals surface area contributed by atoms with E-state index in [0.29, 0.717) is 11.5 Å². The molecule has 1 N–H and O–H groups in total. The van der Waals surface area contributed by atoms with Crippen LogP contribution in [0.3, 0.4) is 0 Å². The second kappa shape index (κ2) is 5.16. The van der Waals surface area contributed by atoms with Crippen molar-refractivity contribution in [3.63, 3.8) is 0 Å². The minimum Gasteiger partial charge on any atom is -0.352 e. The molecule has 3 atom stereocenters. The SMILES string of the molecule is O=C(NCC1CC2CCC1C2)c1ccc(F)c(S)c1. The van der Waals surface area contributed by atoms with Crippen LogP contribution < -0.4 is 5.32 Å². The maximum absolute atomic E-state index is 13.1. The molecule has 0 spiro atoms. The van der Waals surface area contributed by atoms with Crippen molar-refractivity contribution in [2.45, 2.75) is 30.6 Å². The van der Waals surface area contributed by atoms with Crippen molar-refractivity contribution in [2.75, 3.05) is 6.54 Å². The number of carbonyl (C=O) groups excluding carboxylic acids is 1. The number of thiol groups is 1. The molecule has 2 aliphatic carbocycles. The van der Waals surface area contributed by atoms with Crippen LogP contribution in [0.25, 0.3) is 0 Å². The fraction of sp³-hybridized carbons (Fsp3) is 0.533. The van der Waals surface area contributed by atoms with E-state index in [4.69, 9.17) is 0 Å². The monoisotopic (exact) mass is 279 g/mol. The fourth-order valence-corrected chi connectivity index (χ4v) is 3.82. The number of amides is 1. The van der Waals surface area contributed by atoms with Crippen molar-refractivity contribution in [1.82, 2.24) is 5.32 Å². The summed E-state index contributed by atoms with van der Waals surface area (Å²) in [5.74, 6) is 1.81. The molecule has 1 amide bonds. The van der Waals surface area contributed by atoms with E-state index in [9.17, 15) is 9.18 Å². The summed E-state index contributed by atoms with van der Waals surface area (Å²) in [6.07, 6.45) is 5.29. The van der Waals surface area contributed by atoms with Gasteiger partial charge in [-0.15, -0.1) is 12.6 Å². The summed E-state index contributed by atoms with van der Waals surface area (Å²) in [4.78, 5) is 12.2. The standard InChI is InChI=1S/C15H18FNOS/c16-13-4-3-11(7-14(13)19)15(18)17-8-12-6-9-1-2-10(12)5-9/h3-4,7,9-10,12,19H,1-2,5-6,8H2,(H,17,18). The van der Waals surface area contributed by atoms with Crippen LogP contribution >= 0.6 is 12.6 Å². The molecule has 2 fully saturated rings. The van der Waals surface area contributed by atoms with Gasteiger partial charge in [0.1, 0.15) is 5.82 Å². The quantitative estimate of drug-likeness (QED) is 0.817. The van der Waals surface area contributed by atoms with Gasteiger partial charge in [-0.2, -0.15) is 0 Å². The molecule has 0 saturated heterocycles. The van der Waals surface area contributed by atoms with Crippen LogP contribution in [0, 0.1) is 23.6 Å². The first kappa shape index (κ1) is 13.0. The van der Waals surface area contributed by atoms with E-state index in [0.717, 1.165) is 18.4 Å². The van der Waals surface area contributed by atoms with Crippen LogP contribution in [0.15, 0.2) is 23.1 Å². The number of hydrogen-bond acceptors (Lipinski definition) is 2. The molecule has 2 saturated carbocycles. The van der Waals surface area contributed by atoms with Gasteiger partial charge in [0.25, 0.3) is 5.91 Å². The Morgan fingerprint density at radius 3 is 2.84 bits per heavy atom. The Bertz CT molecular complexity index is 505. The van der Waals surface area contributed by atoms with Gasteiger partial charge in [0, 0.05) is 17.0 Å². The molecule has 1 aromatic rings. The first-order valence-corrected chi connectivity index (χ1v) is 7.35. The number of rotatable bonds is 3. The van der Waals surface area contributed by atoms with Gasteiger partial charge in [-0.25, -0.2) is 4.39 Å². The Balaban J connectivity index is 1.57. The first-order chi connectivity index (χ1) is 9.13. The highest BCUT2D eigenvalue weighted by Gasteiger charge is 2.39. The van der Waals surface area contributed by atoms with Gasteiger partial charge < -0.3 is 5.32 Å². The molecule has 102 valence electrons. The van der Waals surface area contributed by atoms with Crippen LogP contribution in [0.1, 0.15) is 36.0 Å². The topological polar surface area (TPSA) is 29.1 Å². The summed E-state index contributed by atoms with van der Waals surface area (Å²) >= 11 is 4.00. The van der Waals surface area contributed by atoms with Crippen molar-refractivity contribution < 1.29 is 9.18 Å². The second-order valence-electron chi connectivity index (χ2n) is 5.81. The van der Waals surface area contributed by atoms with E-state index in [1.165, 1.54) is 43.9 Å². The Morgan fingerprint density at radius 2 is 2.21 bits per heavy atom. The summed E-state index contributed by atoms with van der Waals surface area (Å²) < 4.78 is 13.1. The van der Waals surface area contributed by atoms with Crippen molar-refractivity contribution in [2.24, 2.45) is 17.8 Å². The zero-order valence-corrected chi connectivity index (χ0v) is 11.6. The number of halogens is 1. The minimum absolute atomic E-state index is 0.127. The summed E-state index contributed by atoms with van der Waals surface area (Å²) in [7, 11) is 0. The van der Waals surface area contributed by atoms with Crippen molar-refractivity contribution in [1.29, 1.82) is 0 Å². The number of hydrogen-bond donors (Lipinski definition) is 2. The molecule has 2 nitrogen and oxygen atoms in total. The smallest absolute Gasteiger partial charge is 0.251 e. The molecule has 3 rings (SSSR count). The third-order valence-electron chi connectivity index (χ3n) is 4.62. The molecule has 0 radical (unpaired) electrons. The maximum atomic E-state index is 13.1. The number of nitrogens with one attached hydrogen (secondary N) is 1. The molecule has 1 aromatic carbocycles. The Labute approximate surface area is 118 Å². The van der Waals surface area contributed by atoms with E-state index in [1.807, 2.05) is 0 Å². The average molecular weight is 279 g/mol. The lowest BCUT2D eigenvalue weighted by molar-refractivity contribution is 0.0941. The third-order valence-corrected chi connectivity index (χ3v) is 4.96. The van der Waals surface area contributed by atoms with Crippen LogP contribution in [0.2, 0.25) is 0 Å². The number of carbonyl (C=O) groups is 1. The highest BCUT2D eigenvalue weighted by molar-refractivity contribution is 7.80. The molecule has 4 heteroatoms. The predicted molar refractivity (Wildman–Crippen MR) is 74.9 cm³/mol. The van der Waals surface area contributed by atoms with E-state index >= 15 is 0 Å². The lowest BCUT2D eigenvalue weighted by Gasteiger charge is -2.21. The van der Waals surface area contributed by atoms with Crippen molar-refractivity contribution in [3.8, 4) is 0 Å². The van der Waals surface area contributed by atoms with Crippen LogP contribution in [0.5, 0.6) is 0 Å². The van der Waals surface area contributed by atoms with Gasteiger partial charge in [-0.05, 0) is 55.2 Å². The molecule has 3 unspecified atom stereocenters. The minimum atomic E-state index is -0.395. The summed E-state index contributed by atoms with van der Waals surface area (Å²) in [6.45, 7) is 0.749. The van der Waals surface area contributed by atoms with E-state index in [2.05, 4.69) is 17.9 Å². The van der Waals surface area contributed by atoms with Gasteiger partial charge in [-0.1, -0.05) is 6.42 Å². The molecule has 2 bridgehead atoms. The van der Waals surface area contributed by atoms with Crippen LogP contribution in [0.4, 0.5) is 4.39 Å². The lowest BCUT2D eigenvalue weighted by Crippen LogP contribution is -2.31. The first-order valence-electron chi connectivity index (χ1n) is 6.90. The van der Waals surface area contributed by atoms with Gasteiger partial charge in [0.05, 0.1) is 0 Å². The molecule has 19 heavy (non-hydrogen) atoms. The maximum Gasteiger partial charge on any atom is 0.251 e. The molecular weight excluding hydrogens is 261 g/mol. The van der Waals surface area contributed by atoms with Gasteiger partial charge >= 0.3 is 0 Å². The summed E-state index contributed by atoms with van der Waals surface area (Å²) in [6, 6.07) is 4.27. The van der Waals surface area contributed by atoms with Gasteiger partial charge in [-0.3, -0.25) is 4.79 Å². The molecule has 0 aliphatic heterocycles. The Hall–Kier alpha value is -1.03. The second-order valence-corrected chi connectivity index (χ2v) is 6.29. The van der Waals surface area contributed by atoms with Crippen molar-refractivity contribution >= 4 is 18.5 Å².